The summed E-state index contributed by atoms with van der Waals surface area (Å²) in [7, 11) is 0. The lowest BCUT2D eigenvalue weighted by atomic mass is 10.1. The van der Waals surface area contributed by atoms with Crippen LogP contribution in [-0.4, -0.2) is 21.0 Å². The van der Waals surface area contributed by atoms with E-state index in [2.05, 4.69) is 22.1 Å². The van der Waals surface area contributed by atoms with Crippen LogP contribution < -0.4 is 4.90 Å². The van der Waals surface area contributed by atoms with Gasteiger partial charge in [-0.15, -0.1) is 0 Å². The van der Waals surface area contributed by atoms with E-state index >= 15 is 0 Å². The summed E-state index contributed by atoms with van der Waals surface area (Å²) in [4.78, 5) is 21.3. The van der Waals surface area contributed by atoms with Crippen LogP contribution in [0.15, 0.2) is 36.7 Å². The predicted molar refractivity (Wildman–Crippen MR) is 70.0 cm³/mol. The Kier molecular flexibility index (Phi) is 2.67. The molecule has 1 aromatic carbocycles. The summed E-state index contributed by atoms with van der Waals surface area (Å²) in [6.07, 6.45) is 2.93. The molecule has 3 rings (SSSR count). The Morgan fingerprint density at radius 2 is 2.05 bits per heavy atom. The number of benzene rings is 1. The van der Waals surface area contributed by atoms with Gasteiger partial charge < -0.3 is 10.0 Å². The number of anilines is 1. The minimum atomic E-state index is -1.05. The summed E-state index contributed by atoms with van der Waals surface area (Å²) in [5, 5.41) is 9.20. The lowest BCUT2D eigenvalue weighted by molar-refractivity contribution is 0.0690. The lowest BCUT2D eigenvalue weighted by Crippen LogP contribution is -2.23. The van der Waals surface area contributed by atoms with Crippen molar-refractivity contribution in [3.63, 3.8) is 0 Å². The number of nitrogens with zero attached hydrogens (tertiary/aromatic N) is 3. The van der Waals surface area contributed by atoms with E-state index in [-0.39, 0.29) is 11.7 Å². The van der Waals surface area contributed by atoms with E-state index in [1.54, 1.807) is 0 Å². The second kappa shape index (κ2) is 4.35. The molecule has 1 aliphatic heterocycles. The Labute approximate surface area is 110 Å². The van der Waals surface area contributed by atoms with E-state index in [0.29, 0.717) is 12.4 Å². The van der Waals surface area contributed by atoms with Gasteiger partial charge in [-0.2, -0.15) is 0 Å². The van der Waals surface area contributed by atoms with Crippen LogP contribution in [0.25, 0.3) is 0 Å². The van der Waals surface area contributed by atoms with Crippen LogP contribution in [0.5, 0.6) is 0 Å². The van der Waals surface area contributed by atoms with Crippen molar-refractivity contribution in [2.75, 3.05) is 4.90 Å². The Morgan fingerprint density at radius 3 is 2.79 bits per heavy atom. The summed E-state index contributed by atoms with van der Waals surface area (Å²) in [5.41, 5.74) is 2.42. The first-order valence-electron chi connectivity index (χ1n) is 6.07. The molecule has 0 radical (unpaired) electrons. The first kappa shape index (κ1) is 11.6. The number of hydrogen-bond donors (Lipinski definition) is 1. The van der Waals surface area contributed by atoms with Crippen LogP contribution in [-0.2, 0) is 6.54 Å². The van der Waals surface area contributed by atoms with Gasteiger partial charge in [0.15, 0.2) is 11.5 Å². The molecule has 0 spiro atoms. The fraction of sp³-hybridized carbons (Fsp3) is 0.214. The van der Waals surface area contributed by atoms with Crippen molar-refractivity contribution in [3.8, 4) is 0 Å². The van der Waals surface area contributed by atoms with Gasteiger partial charge in [0.1, 0.15) is 0 Å². The highest BCUT2D eigenvalue weighted by Gasteiger charge is 2.30. The zero-order valence-corrected chi connectivity index (χ0v) is 10.4. The molecule has 2 heterocycles. The molecule has 0 unspecified atom stereocenters. The number of carboxylic acids is 1. The zero-order valence-electron chi connectivity index (χ0n) is 10.4. The molecule has 1 N–H and O–H groups in total. The van der Waals surface area contributed by atoms with Crippen molar-refractivity contribution >= 4 is 11.8 Å². The number of carbonyl (C=O) groups is 1. The Balaban J connectivity index is 2.05. The molecule has 0 fully saturated rings. The van der Waals surface area contributed by atoms with E-state index in [4.69, 9.17) is 0 Å². The van der Waals surface area contributed by atoms with Crippen molar-refractivity contribution in [1.29, 1.82) is 0 Å². The Morgan fingerprint density at radius 1 is 1.32 bits per heavy atom. The van der Waals surface area contributed by atoms with Gasteiger partial charge in [-0.3, -0.25) is 0 Å². The molecule has 0 saturated carbocycles. The second-order valence-electron chi connectivity index (χ2n) is 4.54. The molecule has 0 amide bonds. The smallest absolute Gasteiger partial charge is 0.358 e. The number of rotatable bonds is 2. The molecule has 0 saturated heterocycles. The fourth-order valence-electron chi connectivity index (χ4n) is 2.52. The molecular formula is C14H13N3O2. The summed E-state index contributed by atoms with van der Waals surface area (Å²) in [6.45, 7) is 2.71. The van der Waals surface area contributed by atoms with Crippen molar-refractivity contribution in [3.05, 3.63) is 53.5 Å². The van der Waals surface area contributed by atoms with Crippen LogP contribution in [0.1, 0.15) is 34.6 Å². The van der Waals surface area contributed by atoms with E-state index in [1.165, 1.54) is 23.5 Å². The minimum absolute atomic E-state index is 0.00200. The van der Waals surface area contributed by atoms with Crippen molar-refractivity contribution in [1.82, 2.24) is 9.97 Å². The largest absolute Gasteiger partial charge is 0.476 e. The van der Waals surface area contributed by atoms with Crippen molar-refractivity contribution in [2.45, 2.75) is 19.5 Å². The topological polar surface area (TPSA) is 66.3 Å². The summed E-state index contributed by atoms with van der Waals surface area (Å²) in [5.74, 6) is -0.620. The maximum atomic E-state index is 11.2. The third-order valence-electron chi connectivity index (χ3n) is 3.47. The van der Waals surface area contributed by atoms with Gasteiger partial charge >= 0.3 is 5.97 Å². The Bertz CT molecular complexity index is 642. The van der Waals surface area contributed by atoms with Crippen LogP contribution in [0.3, 0.4) is 0 Å². The molecule has 1 aromatic heterocycles. The van der Waals surface area contributed by atoms with E-state index in [1.807, 2.05) is 24.0 Å². The number of aromatic nitrogens is 2. The summed E-state index contributed by atoms with van der Waals surface area (Å²) < 4.78 is 0. The van der Waals surface area contributed by atoms with Gasteiger partial charge in [0.2, 0.25) is 0 Å². The number of fused-ring (bicyclic) bond motifs is 1. The molecule has 0 aliphatic carbocycles. The molecule has 0 bridgehead atoms. The highest BCUT2D eigenvalue weighted by Crippen LogP contribution is 2.36. The predicted octanol–water partition coefficient (Wildman–Crippen LogP) is 2.26. The minimum Gasteiger partial charge on any atom is -0.476 e. The Hall–Kier alpha value is -2.43. The third-order valence-corrected chi connectivity index (χ3v) is 3.47. The number of hydrogen-bond acceptors (Lipinski definition) is 4. The third kappa shape index (κ3) is 1.83. The molecule has 1 aliphatic rings. The molecule has 19 heavy (non-hydrogen) atoms. The van der Waals surface area contributed by atoms with Gasteiger partial charge in [0, 0.05) is 18.9 Å². The van der Waals surface area contributed by atoms with Crippen molar-refractivity contribution < 1.29 is 9.90 Å². The molecule has 2 aromatic rings. The fourth-order valence-corrected chi connectivity index (χ4v) is 2.52. The van der Waals surface area contributed by atoms with Crippen molar-refractivity contribution in [2.24, 2.45) is 0 Å². The van der Waals surface area contributed by atoms with Gasteiger partial charge in [0.25, 0.3) is 0 Å². The average molecular weight is 255 g/mol. The van der Waals surface area contributed by atoms with Gasteiger partial charge in [0.05, 0.1) is 6.04 Å². The van der Waals surface area contributed by atoms with Gasteiger partial charge in [-0.05, 0) is 18.1 Å². The van der Waals surface area contributed by atoms with Gasteiger partial charge in [-0.1, -0.05) is 24.3 Å². The first-order valence-corrected chi connectivity index (χ1v) is 6.07. The molecule has 5 heteroatoms. The van der Waals surface area contributed by atoms with Crippen LogP contribution in [0.4, 0.5) is 5.82 Å². The van der Waals surface area contributed by atoms with Crippen LogP contribution in [0.2, 0.25) is 0 Å². The normalized spacial score (nSPS) is 17.3. The lowest BCUT2D eigenvalue weighted by Gasteiger charge is -2.23. The molecule has 1 atom stereocenters. The summed E-state index contributed by atoms with van der Waals surface area (Å²) >= 11 is 0. The van der Waals surface area contributed by atoms with Gasteiger partial charge in [-0.25, -0.2) is 14.8 Å². The van der Waals surface area contributed by atoms with Crippen LogP contribution in [0, 0.1) is 0 Å². The summed E-state index contributed by atoms with van der Waals surface area (Å²) in [6, 6.07) is 8.21. The highest BCUT2D eigenvalue weighted by molar-refractivity contribution is 5.91. The maximum absolute atomic E-state index is 11.2. The molecule has 5 nitrogen and oxygen atoms in total. The standard InChI is InChI=1S/C14H13N3O2/c1-9-11-5-3-2-4-10(11)8-17(9)13-12(14(18)19)15-6-7-16-13/h2-7,9H,8H2,1H3,(H,18,19)/t9-/m1/s1. The highest BCUT2D eigenvalue weighted by atomic mass is 16.4. The van der Waals surface area contributed by atoms with Crippen LogP contribution >= 0.6 is 0 Å². The average Bonchev–Trinajstić information content (AvgIpc) is 2.76. The van der Waals surface area contributed by atoms with E-state index in [0.717, 1.165) is 0 Å². The zero-order chi connectivity index (χ0) is 13.4. The SMILES string of the molecule is C[C@@H]1c2ccccc2CN1c1nccnc1C(=O)O. The molecule has 96 valence electrons. The monoisotopic (exact) mass is 255 g/mol. The maximum Gasteiger partial charge on any atom is 0.358 e. The first-order chi connectivity index (χ1) is 9.18. The molecular weight excluding hydrogens is 242 g/mol. The van der Waals surface area contributed by atoms with E-state index in [9.17, 15) is 9.90 Å². The number of carboxylic acid groups (broad SMARTS) is 1. The second-order valence-corrected chi connectivity index (χ2v) is 4.54. The number of aromatic carboxylic acids is 1. The van der Waals surface area contributed by atoms with E-state index < -0.39 is 5.97 Å². The quantitative estimate of drug-likeness (QED) is 0.891.